The molecule has 0 unspecified atom stereocenters. The molecule has 99 valence electrons. The molecular formula is C13H6Cl2N3O2. The highest BCUT2D eigenvalue weighted by Gasteiger charge is 2.13. The maximum atomic E-state index is 10.2. The van der Waals surface area contributed by atoms with Gasteiger partial charge in [0.1, 0.15) is 16.7 Å². The van der Waals surface area contributed by atoms with E-state index in [4.69, 9.17) is 23.2 Å². The predicted molar refractivity (Wildman–Crippen MR) is 75.2 cm³/mol. The Labute approximate surface area is 123 Å². The topological polar surface area (TPSA) is 57.0 Å². The number of hydrogen-bond acceptors (Lipinski definition) is 4. The Kier molecular flexibility index (Phi) is 3.30. The van der Waals surface area contributed by atoms with E-state index in [-0.39, 0.29) is 10.8 Å². The van der Waals surface area contributed by atoms with E-state index in [0.29, 0.717) is 10.7 Å². The van der Waals surface area contributed by atoms with Crippen molar-refractivity contribution >= 4 is 40.7 Å². The zero-order valence-corrected chi connectivity index (χ0v) is 11.4. The fourth-order valence-electron chi connectivity index (χ4n) is 1.76. The molecule has 0 amide bonds. The van der Waals surface area contributed by atoms with Crippen LogP contribution in [-0.2, 0) is 4.79 Å². The van der Waals surface area contributed by atoms with Gasteiger partial charge in [-0.25, -0.2) is 4.79 Å². The summed E-state index contributed by atoms with van der Waals surface area (Å²) in [6.45, 7) is 1.30. The summed E-state index contributed by atoms with van der Waals surface area (Å²) in [6.07, 6.45) is 0. The van der Waals surface area contributed by atoms with Crippen LogP contribution in [0.3, 0.4) is 0 Å². The monoisotopic (exact) mass is 306 g/mol. The molecule has 1 radical (unpaired) electrons. The van der Waals surface area contributed by atoms with Gasteiger partial charge in [0.05, 0.1) is 10.0 Å². The lowest BCUT2D eigenvalue weighted by atomic mass is 10.3. The van der Waals surface area contributed by atoms with Gasteiger partial charge in [0.25, 0.3) is 0 Å². The third-order valence-electron chi connectivity index (χ3n) is 2.66. The zero-order valence-electron chi connectivity index (χ0n) is 9.88. The Bertz CT molecular complexity index is 768. The van der Waals surface area contributed by atoms with Gasteiger partial charge in [-0.15, -0.1) is 15.0 Å². The minimum Gasteiger partial charge on any atom is -0.416 e. The van der Waals surface area contributed by atoms with Crippen LogP contribution in [0.2, 0.25) is 10.0 Å². The minimum atomic E-state index is 0.132. The first kappa shape index (κ1) is 12.9. The first-order chi connectivity index (χ1) is 9.69. The van der Waals surface area contributed by atoms with Crippen LogP contribution in [0, 0.1) is 0 Å². The summed E-state index contributed by atoms with van der Waals surface area (Å²) in [5.74, 6) is 0.132. The van der Waals surface area contributed by atoms with Crippen molar-refractivity contribution in [2.75, 3.05) is 0 Å². The number of rotatable bonds is 3. The molecular weight excluding hydrogens is 301 g/mol. The maximum Gasteiger partial charge on any atom is 0.423 e. The van der Waals surface area contributed by atoms with Crippen molar-refractivity contribution in [3.8, 4) is 11.4 Å². The second kappa shape index (κ2) is 5.11. The molecule has 0 atom stereocenters. The van der Waals surface area contributed by atoms with Gasteiger partial charge in [-0.2, -0.15) is 0 Å². The second-order valence-corrected chi connectivity index (χ2v) is 4.71. The highest BCUT2D eigenvalue weighted by molar-refractivity contribution is 6.35. The van der Waals surface area contributed by atoms with Gasteiger partial charge in [0, 0.05) is 6.07 Å². The van der Waals surface area contributed by atoms with Crippen LogP contribution < -0.4 is 4.74 Å². The van der Waals surface area contributed by atoms with Crippen LogP contribution in [0.4, 0.5) is 0 Å². The third kappa shape index (κ3) is 2.21. The zero-order chi connectivity index (χ0) is 14.1. The molecule has 3 aromatic rings. The number of carbonyl (C=O) groups excluding carboxylic acids is 1. The van der Waals surface area contributed by atoms with Crippen LogP contribution >= 0.6 is 23.2 Å². The lowest BCUT2D eigenvalue weighted by Crippen LogP contribution is -2.00. The molecule has 0 saturated carbocycles. The fourth-order valence-corrected chi connectivity index (χ4v) is 2.19. The van der Waals surface area contributed by atoms with E-state index in [0.717, 1.165) is 11.0 Å². The average Bonchev–Trinajstić information content (AvgIpc) is 2.86. The Balaban J connectivity index is 2.13. The van der Waals surface area contributed by atoms with Gasteiger partial charge < -0.3 is 4.74 Å². The van der Waals surface area contributed by atoms with E-state index in [2.05, 4.69) is 14.9 Å². The molecule has 0 fully saturated rings. The van der Waals surface area contributed by atoms with Gasteiger partial charge in [-0.3, -0.25) is 0 Å². The molecule has 0 bridgehead atoms. The lowest BCUT2D eigenvalue weighted by Gasteiger charge is -2.06. The van der Waals surface area contributed by atoms with Gasteiger partial charge in [0.15, 0.2) is 5.75 Å². The second-order valence-electron chi connectivity index (χ2n) is 3.90. The largest absolute Gasteiger partial charge is 0.423 e. The number of aromatic nitrogens is 3. The minimum absolute atomic E-state index is 0.132. The highest BCUT2D eigenvalue weighted by Crippen LogP contribution is 2.32. The van der Waals surface area contributed by atoms with Crippen LogP contribution in [0.25, 0.3) is 16.7 Å². The first-order valence-corrected chi connectivity index (χ1v) is 6.30. The SMILES string of the molecule is O=[C]Oc1cc(Cl)c(-n2nc3ccccc3n2)cc1Cl. The summed E-state index contributed by atoms with van der Waals surface area (Å²) >= 11 is 12.1. The molecule has 1 heterocycles. The van der Waals surface area contributed by atoms with E-state index < -0.39 is 0 Å². The average molecular weight is 307 g/mol. The summed E-state index contributed by atoms with van der Waals surface area (Å²) in [7, 11) is 0. The standard InChI is InChI=1S/C13H6Cl2N3O2/c14-8-6-13(20-7-19)9(15)5-12(8)18-16-10-3-1-2-4-11(10)17-18/h1-6H. The molecule has 0 aliphatic carbocycles. The molecule has 20 heavy (non-hydrogen) atoms. The lowest BCUT2D eigenvalue weighted by molar-refractivity contribution is 0.443. The predicted octanol–water partition coefficient (Wildman–Crippen LogP) is 3.17. The molecule has 0 N–H and O–H groups in total. The molecule has 2 aromatic carbocycles. The maximum absolute atomic E-state index is 10.2. The smallest absolute Gasteiger partial charge is 0.416 e. The van der Waals surface area contributed by atoms with E-state index in [1.807, 2.05) is 24.3 Å². The van der Waals surface area contributed by atoms with Crippen LogP contribution in [0.5, 0.6) is 5.75 Å². The fraction of sp³-hybridized carbons (Fsp3) is 0. The number of ether oxygens (including phenoxy) is 1. The van der Waals surface area contributed by atoms with Crippen LogP contribution in [-0.4, -0.2) is 21.5 Å². The van der Waals surface area contributed by atoms with E-state index in [1.54, 1.807) is 0 Å². The van der Waals surface area contributed by atoms with Gasteiger partial charge in [-0.1, -0.05) is 35.3 Å². The quantitative estimate of drug-likeness (QED) is 0.746. The number of halogens is 2. The third-order valence-corrected chi connectivity index (χ3v) is 3.25. The molecule has 7 heteroatoms. The molecule has 3 rings (SSSR count). The molecule has 0 spiro atoms. The van der Waals surface area contributed by atoms with E-state index >= 15 is 0 Å². The summed E-state index contributed by atoms with van der Waals surface area (Å²) in [5.41, 5.74) is 1.97. The highest BCUT2D eigenvalue weighted by atomic mass is 35.5. The van der Waals surface area contributed by atoms with Crippen molar-refractivity contribution in [2.45, 2.75) is 0 Å². The van der Waals surface area contributed by atoms with Crippen molar-refractivity contribution in [3.05, 3.63) is 46.4 Å². The number of nitrogens with zero attached hydrogens (tertiary/aromatic N) is 3. The molecule has 0 saturated heterocycles. The number of benzene rings is 2. The van der Waals surface area contributed by atoms with E-state index in [9.17, 15) is 4.79 Å². The van der Waals surface area contributed by atoms with Crippen molar-refractivity contribution in [1.82, 2.24) is 15.0 Å². The van der Waals surface area contributed by atoms with Gasteiger partial charge in [-0.05, 0) is 18.2 Å². The van der Waals surface area contributed by atoms with Crippen molar-refractivity contribution in [1.29, 1.82) is 0 Å². The molecule has 0 aliphatic rings. The van der Waals surface area contributed by atoms with E-state index in [1.165, 1.54) is 23.4 Å². The Hall–Kier alpha value is -2.11. The molecule has 0 aliphatic heterocycles. The number of hydrogen-bond donors (Lipinski definition) is 0. The van der Waals surface area contributed by atoms with Crippen LogP contribution in [0.1, 0.15) is 0 Å². The Morgan fingerprint density at radius 2 is 1.70 bits per heavy atom. The van der Waals surface area contributed by atoms with Crippen molar-refractivity contribution in [2.24, 2.45) is 0 Å². The summed E-state index contributed by atoms with van der Waals surface area (Å²) in [6, 6.07) is 10.4. The molecule has 5 nitrogen and oxygen atoms in total. The Morgan fingerprint density at radius 1 is 1.05 bits per heavy atom. The van der Waals surface area contributed by atoms with Gasteiger partial charge in [0.2, 0.25) is 0 Å². The Morgan fingerprint density at radius 3 is 2.30 bits per heavy atom. The first-order valence-electron chi connectivity index (χ1n) is 5.54. The number of fused-ring (bicyclic) bond motifs is 1. The summed E-state index contributed by atoms with van der Waals surface area (Å²) < 4.78 is 4.60. The van der Waals surface area contributed by atoms with Crippen LogP contribution in [0.15, 0.2) is 36.4 Å². The summed E-state index contributed by atoms with van der Waals surface area (Å²) in [4.78, 5) is 11.6. The van der Waals surface area contributed by atoms with Gasteiger partial charge >= 0.3 is 6.47 Å². The molecule has 1 aromatic heterocycles. The van der Waals surface area contributed by atoms with Crippen molar-refractivity contribution in [3.63, 3.8) is 0 Å². The normalized spacial score (nSPS) is 10.7. The van der Waals surface area contributed by atoms with Crippen molar-refractivity contribution < 1.29 is 9.53 Å². The summed E-state index contributed by atoms with van der Waals surface area (Å²) in [5, 5.41) is 9.13.